The fourth-order valence-corrected chi connectivity index (χ4v) is 2.65. The van der Waals surface area contributed by atoms with E-state index in [0.717, 1.165) is 24.1 Å². The molecule has 1 aromatic heterocycles. The summed E-state index contributed by atoms with van der Waals surface area (Å²) in [6.45, 7) is 4.08. The van der Waals surface area contributed by atoms with Crippen molar-refractivity contribution in [2.24, 2.45) is 0 Å². The molecule has 0 aliphatic carbocycles. The van der Waals surface area contributed by atoms with Gasteiger partial charge in [-0.2, -0.15) is 8.78 Å². The van der Waals surface area contributed by atoms with Crippen molar-refractivity contribution in [2.45, 2.75) is 58.3 Å². The number of rotatable bonds is 6. The Labute approximate surface area is 119 Å². The second kappa shape index (κ2) is 7.13. The lowest BCUT2D eigenvalue weighted by Crippen LogP contribution is -2.45. The van der Waals surface area contributed by atoms with Crippen LogP contribution in [0.4, 0.5) is 8.78 Å². The molecule has 2 rings (SSSR count). The Hall–Kier alpha value is -1.01. The van der Waals surface area contributed by atoms with Crippen LogP contribution in [0.25, 0.3) is 0 Å². The van der Waals surface area contributed by atoms with Crippen molar-refractivity contribution in [3.05, 3.63) is 18.2 Å². The highest BCUT2D eigenvalue weighted by Gasteiger charge is 2.21. The van der Waals surface area contributed by atoms with Crippen LogP contribution in [0.2, 0.25) is 0 Å². The number of aromatic nitrogens is 2. The van der Waals surface area contributed by atoms with Gasteiger partial charge in [0.2, 0.25) is 0 Å². The molecule has 0 saturated carbocycles. The minimum atomic E-state index is -2.52. The summed E-state index contributed by atoms with van der Waals surface area (Å²) in [6, 6.07) is 0.766. The summed E-state index contributed by atoms with van der Waals surface area (Å²) < 4.78 is 26.7. The Bertz CT molecular complexity index is 400. The molecule has 0 amide bonds. The zero-order valence-electron chi connectivity index (χ0n) is 12.2. The van der Waals surface area contributed by atoms with Gasteiger partial charge in [-0.1, -0.05) is 6.42 Å². The van der Waals surface area contributed by atoms with Gasteiger partial charge in [0.25, 0.3) is 0 Å². The normalized spacial score (nSPS) is 20.2. The molecule has 1 fully saturated rings. The van der Waals surface area contributed by atoms with Gasteiger partial charge < -0.3 is 5.32 Å². The molecule has 0 bridgehead atoms. The first-order chi connectivity index (χ1) is 9.58. The average Bonchev–Trinajstić information content (AvgIpc) is 2.87. The van der Waals surface area contributed by atoms with Gasteiger partial charge in [-0.3, -0.25) is 9.47 Å². The lowest BCUT2D eigenvalue weighted by Gasteiger charge is -2.33. The predicted octanol–water partition coefficient (Wildman–Crippen LogP) is 2.63. The summed E-state index contributed by atoms with van der Waals surface area (Å²) >= 11 is 0. The molecule has 1 atom stereocenters. The topological polar surface area (TPSA) is 33.1 Å². The Morgan fingerprint density at radius 1 is 1.45 bits per heavy atom. The Kier molecular flexibility index (Phi) is 5.48. The van der Waals surface area contributed by atoms with Gasteiger partial charge >= 0.3 is 6.55 Å². The Morgan fingerprint density at radius 2 is 2.25 bits per heavy atom. The maximum Gasteiger partial charge on any atom is 0.319 e. The van der Waals surface area contributed by atoms with E-state index < -0.39 is 6.55 Å². The molecule has 4 nitrogen and oxygen atoms in total. The highest BCUT2D eigenvalue weighted by Crippen LogP contribution is 2.16. The molecule has 0 aromatic carbocycles. The minimum Gasteiger partial charge on any atom is -0.313 e. The molecule has 1 unspecified atom stereocenters. The highest BCUT2D eigenvalue weighted by molar-refractivity contribution is 4.94. The average molecular weight is 286 g/mol. The van der Waals surface area contributed by atoms with Gasteiger partial charge in [0.15, 0.2) is 0 Å². The number of imidazole rings is 1. The summed E-state index contributed by atoms with van der Waals surface area (Å²) in [5.41, 5.74) is 0. The molecule has 2 heterocycles. The third kappa shape index (κ3) is 3.99. The van der Waals surface area contributed by atoms with E-state index in [1.54, 1.807) is 0 Å². The first kappa shape index (κ1) is 15.4. The fourth-order valence-electron chi connectivity index (χ4n) is 2.65. The van der Waals surface area contributed by atoms with Gasteiger partial charge in [0.1, 0.15) is 5.82 Å². The zero-order valence-corrected chi connectivity index (χ0v) is 12.2. The monoisotopic (exact) mass is 286 g/mol. The maximum absolute atomic E-state index is 12.9. The van der Waals surface area contributed by atoms with E-state index in [9.17, 15) is 8.78 Å². The summed E-state index contributed by atoms with van der Waals surface area (Å²) in [6.07, 6.45) is 6.42. The van der Waals surface area contributed by atoms with E-state index in [2.05, 4.69) is 29.0 Å². The van der Waals surface area contributed by atoms with Gasteiger partial charge in [-0.15, -0.1) is 0 Å². The van der Waals surface area contributed by atoms with Gasteiger partial charge in [-0.05, 0) is 33.2 Å². The van der Waals surface area contributed by atoms with Crippen molar-refractivity contribution in [2.75, 3.05) is 13.1 Å². The maximum atomic E-state index is 12.9. The number of nitrogens with one attached hydrogen (secondary N) is 1. The van der Waals surface area contributed by atoms with Crippen LogP contribution in [-0.2, 0) is 6.54 Å². The molecule has 1 aliphatic heterocycles. The van der Waals surface area contributed by atoms with Gasteiger partial charge in [0, 0.05) is 31.0 Å². The Balaban J connectivity index is 1.99. The minimum absolute atomic E-state index is 0.307. The molecule has 1 saturated heterocycles. The van der Waals surface area contributed by atoms with E-state index in [4.69, 9.17) is 0 Å². The number of piperidine rings is 1. The summed E-state index contributed by atoms with van der Waals surface area (Å²) in [4.78, 5) is 6.29. The molecule has 1 aliphatic rings. The fraction of sp³-hybridized carbons (Fsp3) is 0.786. The summed E-state index contributed by atoms with van der Waals surface area (Å²) in [5, 5.41) is 3.50. The lowest BCUT2D eigenvalue weighted by molar-refractivity contribution is 0.0619. The van der Waals surface area contributed by atoms with Crippen LogP contribution < -0.4 is 5.32 Å². The van der Waals surface area contributed by atoms with Crippen molar-refractivity contribution in [3.63, 3.8) is 0 Å². The van der Waals surface area contributed by atoms with Crippen LogP contribution in [0.5, 0.6) is 0 Å². The molecule has 1 aromatic rings. The summed E-state index contributed by atoms with van der Waals surface area (Å²) in [5.74, 6) is 0.435. The van der Waals surface area contributed by atoms with Crippen molar-refractivity contribution >= 4 is 0 Å². The summed E-state index contributed by atoms with van der Waals surface area (Å²) in [7, 11) is 0. The molecule has 0 spiro atoms. The van der Waals surface area contributed by atoms with Crippen LogP contribution in [0.1, 0.15) is 45.5 Å². The molecular weight excluding hydrogens is 262 g/mol. The van der Waals surface area contributed by atoms with E-state index in [1.807, 2.05) is 0 Å². The van der Waals surface area contributed by atoms with Crippen molar-refractivity contribution < 1.29 is 8.78 Å². The van der Waals surface area contributed by atoms with E-state index in [1.165, 1.54) is 25.2 Å². The molecule has 20 heavy (non-hydrogen) atoms. The number of hydrogen-bond acceptors (Lipinski definition) is 3. The number of hydrogen-bond donors (Lipinski definition) is 1. The number of halogens is 2. The van der Waals surface area contributed by atoms with Gasteiger partial charge in [0.05, 0.1) is 6.54 Å². The number of alkyl halides is 2. The smallest absolute Gasteiger partial charge is 0.313 e. The SMILES string of the molecule is CC(C)N(Cc1nccn1C(F)F)CC1CCCCN1. The van der Waals surface area contributed by atoms with E-state index in [0.29, 0.717) is 24.5 Å². The first-order valence-corrected chi connectivity index (χ1v) is 7.35. The standard InChI is InChI=1S/C14H24F2N4/c1-11(2)19(9-12-5-3-4-6-17-12)10-13-18-7-8-20(13)14(15)16/h7-8,11-12,14,17H,3-6,9-10H2,1-2H3. The van der Waals surface area contributed by atoms with Crippen molar-refractivity contribution in [1.82, 2.24) is 19.8 Å². The zero-order chi connectivity index (χ0) is 14.5. The Morgan fingerprint density at radius 3 is 2.85 bits per heavy atom. The molecule has 6 heteroatoms. The van der Waals surface area contributed by atoms with Crippen LogP contribution >= 0.6 is 0 Å². The second-order valence-corrected chi connectivity index (χ2v) is 5.70. The predicted molar refractivity (Wildman–Crippen MR) is 74.7 cm³/mol. The quantitative estimate of drug-likeness (QED) is 0.872. The van der Waals surface area contributed by atoms with Crippen LogP contribution in [0.15, 0.2) is 12.4 Å². The third-order valence-electron chi connectivity index (χ3n) is 3.90. The van der Waals surface area contributed by atoms with Crippen LogP contribution in [-0.4, -0.2) is 39.6 Å². The number of nitrogens with zero attached hydrogens (tertiary/aromatic N) is 3. The molecule has 0 radical (unpaired) electrons. The molecular formula is C14H24F2N4. The largest absolute Gasteiger partial charge is 0.319 e. The second-order valence-electron chi connectivity index (χ2n) is 5.70. The van der Waals surface area contributed by atoms with Crippen LogP contribution in [0.3, 0.4) is 0 Å². The molecule has 114 valence electrons. The van der Waals surface area contributed by atoms with Crippen molar-refractivity contribution in [1.29, 1.82) is 0 Å². The highest BCUT2D eigenvalue weighted by atomic mass is 19.3. The molecule has 1 N–H and O–H groups in total. The van der Waals surface area contributed by atoms with Crippen LogP contribution in [0, 0.1) is 0 Å². The first-order valence-electron chi connectivity index (χ1n) is 7.35. The lowest BCUT2D eigenvalue weighted by atomic mass is 10.0. The third-order valence-corrected chi connectivity index (χ3v) is 3.90. The van der Waals surface area contributed by atoms with Gasteiger partial charge in [-0.25, -0.2) is 4.98 Å². The van der Waals surface area contributed by atoms with Crippen molar-refractivity contribution in [3.8, 4) is 0 Å². The van der Waals surface area contributed by atoms with E-state index in [-0.39, 0.29) is 0 Å². The van der Waals surface area contributed by atoms with E-state index >= 15 is 0 Å².